The van der Waals surface area contributed by atoms with Crippen LogP contribution in [0.3, 0.4) is 0 Å². The zero-order valence-electron chi connectivity index (χ0n) is 9.24. The number of hydrogen-bond donors (Lipinski definition) is 1. The van der Waals surface area contributed by atoms with E-state index in [1.807, 2.05) is 18.2 Å². The molecule has 0 aliphatic rings. The Bertz CT molecular complexity index is 299. The molecule has 0 aliphatic heterocycles. The monoisotopic (exact) mass is 271 g/mol. The number of halogens is 1. The van der Waals surface area contributed by atoms with Gasteiger partial charge in [0.15, 0.2) is 0 Å². The zero-order valence-corrected chi connectivity index (χ0v) is 10.8. The SMILES string of the molecule is CCC(OC)C(N)Cc1ccccc1Br. The van der Waals surface area contributed by atoms with Gasteiger partial charge in [-0.25, -0.2) is 0 Å². The molecule has 0 aromatic heterocycles. The largest absolute Gasteiger partial charge is 0.380 e. The molecule has 2 unspecified atom stereocenters. The molecule has 84 valence electrons. The van der Waals surface area contributed by atoms with Crippen LogP contribution < -0.4 is 5.73 Å². The lowest BCUT2D eigenvalue weighted by molar-refractivity contribution is 0.0773. The van der Waals surface area contributed by atoms with Crippen LogP contribution in [-0.4, -0.2) is 19.3 Å². The molecule has 0 aliphatic carbocycles. The average molecular weight is 272 g/mol. The van der Waals surface area contributed by atoms with Gasteiger partial charge in [-0.05, 0) is 24.5 Å². The van der Waals surface area contributed by atoms with Crippen molar-refractivity contribution < 1.29 is 4.74 Å². The summed E-state index contributed by atoms with van der Waals surface area (Å²) in [5, 5.41) is 0. The molecule has 0 amide bonds. The van der Waals surface area contributed by atoms with Gasteiger partial charge < -0.3 is 10.5 Å². The quantitative estimate of drug-likeness (QED) is 0.894. The first kappa shape index (κ1) is 12.7. The van der Waals surface area contributed by atoms with Crippen molar-refractivity contribution in [2.45, 2.75) is 31.9 Å². The highest BCUT2D eigenvalue weighted by atomic mass is 79.9. The van der Waals surface area contributed by atoms with Crippen molar-refractivity contribution in [2.75, 3.05) is 7.11 Å². The molecule has 3 heteroatoms. The fraction of sp³-hybridized carbons (Fsp3) is 0.500. The molecule has 0 saturated carbocycles. The molecular formula is C12H18BrNO. The maximum atomic E-state index is 6.09. The second-order valence-electron chi connectivity index (χ2n) is 3.64. The van der Waals surface area contributed by atoms with E-state index < -0.39 is 0 Å². The topological polar surface area (TPSA) is 35.2 Å². The van der Waals surface area contributed by atoms with E-state index in [4.69, 9.17) is 10.5 Å². The summed E-state index contributed by atoms with van der Waals surface area (Å²) < 4.78 is 6.45. The summed E-state index contributed by atoms with van der Waals surface area (Å²) >= 11 is 3.52. The van der Waals surface area contributed by atoms with Crippen LogP contribution in [0.4, 0.5) is 0 Å². The van der Waals surface area contributed by atoms with E-state index in [1.165, 1.54) is 5.56 Å². The van der Waals surface area contributed by atoms with Gasteiger partial charge in [0.25, 0.3) is 0 Å². The Morgan fingerprint density at radius 2 is 2.07 bits per heavy atom. The fourth-order valence-electron chi connectivity index (χ4n) is 1.69. The van der Waals surface area contributed by atoms with Gasteiger partial charge in [-0.1, -0.05) is 41.1 Å². The molecule has 0 bridgehead atoms. The lowest BCUT2D eigenvalue weighted by Crippen LogP contribution is -2.37. The summed E-state index contributed by atoms with van der Waals surface area (Å²) in [5.74, 6) is 0. The minimum atomic E-state index is 0.0544. The standard InChI is InChI=1S/C12H18BrNO/c1-3-12(15-2)11(14)8-9-6-4-5-7-10(9)13/h4-7,11-12H,3,8,14H2,1-2H3. The van der Waals surface area contributed by atoms with Gasteiger partial charge in [-0.3, -0.25) is 0 Å². The Hall–Kier alpha value is -0.380. The van der Waals surface area contributed by atoms with Crippen LogP contribution in [0.15, 0.2) is 28.7 Å². The van der Waals surface area contributed by atoms with Gasteiger partial charge >= 0.3 is 0 Å². The van der Waals surface area contributed by atoms with Crippen LogP contribution in [0.2, 0.25) is 0 Å². The molecule has 2 N–H and O–H groups in total. The number of ether oxygens (including phenoxy) is 1. The Morgan fingerprint density at radius 1 is 1.40 bits per heavy atom. The highest BCUT2D eigenvalue weighted by Gasteiger charge is 2.16. The van der Waals surface area contributed by atoms with Crippen molar-refractivity contribution in [1.82, 2.24) is 0 Å². The first-order valence-corrected chi connectivity index (χ1v) is 6.00. The maximum absolute atomic E-state index is 6.09. The van der Waals surface area contributed by atoms with Crippen molar-refractivity contribution >= 4 is 15.9 Å². The van der Waals surface area contributed by atoms with Gasteiger partial charge in [-0.2, -0.15) is 0 Å². The molecule has 15 heavy (non-hydrogen) atoms. The highest BCUT2D eigenvalue weighted by molar-refractivity contribution is 9.10. The van der Waals surface area contributed by atoms with Crippen molar-refractivity contribution in [3.05, 3.63) is 34.3 Å². The molecule has 2 nitrogen and oxygen atoms in total. The molecule has 0 radical (unpaired) electrons. The summed E-state index contributed by atoms with van der Waals surface area (Å²) in [4.78, 5) is 0. The molecular weight excluding hydrogens is 254 g/mol. The van der Waals surface area contributed by atoms with Crippen molar-refractivity contribution in [2.24, 2.45) is 5.73 Å². The van der Waals surface area contributed by atoms with Crippen LogP contribution in [0.25, 0.3) is 0 Å². The highest BCUT2D eigenvalue weighted by Crippen LogP contribution is 2.18. The molecule has 1 rings (SSSR count). The number of hydrogen-bond acceptors (Lipinski definition) is 2. The Kier molecular flexibility index (Phi) is 5.29. The van der Waals surface area contributed by atoms with E-state index in [1.54, 1.807) is 7.11 Å². The third-order valence-corrected chi connectivity index (χ3v) is 3.37. The summed E-state index contributed by atoms with van der Waals surface area (Å²) in [6.45, 7) is 2.09. The number of rotatable bonds is 5. The lowest BCUT2D eigenvalue weighted by Gasteiger charge is -2.21. The van der Waals surface area contributed by atoms with Crippen LogP contribution in [-0.2, 0) is 11.2 Å². The lowest BCUT2D eigenvalue weighted by atomic mass is 10.0. The van der Waals surface area contributed by atoms with E-state index in [2.05, 4.69) is 28.9 Å². The van der Waals surface area contributed by atoms with Crippen LogP contribution in [0.1, 0.15) is 18.9 Å². The Morgan fingerprint density at radius 3 is 2.60 bits per heavy atom. The second kappa shape index (κ2) is 6.26. The second-order valence-corrected chi connectivity index (χ2v) is 4.50. The van der Waals surface area contributed by atoms with Crippen molar-refractivity contribution in [3.8, 4) is 0 Å². The number of nitrogens with two attached hydrogens (primary N) is 1. The minimum absolute atomic E-state index is 0.0544. The van der Waals surface area contributed by atoms with Gasteiger partial charge in [-0.15, -0.1) is 0 Å². The predicted molar refractivity (Wildman–Crippen MR) is 66.9 cm³/mol. The maximum Gasteiger partial charge on any atom is 0.0722 e. The van der Waals surface area contributed by atoms with E-state index >= 15 is 0 Å². The predicted octanol–water partition coefficient (Wildman–Crippen LogP) is 2.74. The molecule has 2 atom stereocenters. The van der Waals surface area contributed by atoms with E-state index in [0.29, 0.717) is 0 Å². The summed E-state index contributed by atoms with van der Waals surface area (Å²) in [7, 11) is 1.72. The summed E-state index contributed by atoms with van der Waals surface area (Å²) in [5.41, 5.74) is 7.33. The molecule has 0 heterocycles. The molecule has 0 spiro atoms. The first-order chi connectivity index (χ1) is 7.19. The fourth-order valence-corrected chi connectivity index (χ4v) is 2.14. The number of methoxy groups -OCH3 is 1. The van der Waals surface area contributed by atoms with Gasteiger partial charge in [0, 0.05) is 17.6 Å². The molecule has 0 fully saturated rings. The first-order valence-electron chi connectivity index (χ1n) is 5.20. The Labute approximate surface area is 99.9 Å². The van der Waals surface area contributed by atoms with Crippen LogP contribution in [0, 0.1) is 0 Å². The smallest absolute Gasteiger partial charge is 0.0722 e. The van der Waals surface area contributed by atoms with E-state index in [9.17, 15) is 0 Å². The van der Waals surface area contributed by atoms with E-state index in [-0.39, 0.29) is 12.1 Å². The van der Waals surface area contributed by atoms with Gasteiger partial charge in [0.2, 0.25) is 0 Å². The normalized spacial score (nSPS) is 14.9. The zero-order chi connectivity index (χ0) is 11.3. The van der Waals surface area contributed by atoms with Crippen molar-refractivity contribution in [1.29, 1.82) is 0 Å². The average Bonchev–Trinajstić information content (AvgIpc) is 2.23. The van der Waals surface area contributed by atoms with Crippen LogP contribution in [0.5, 0.6) is 0 Å². The number of benzene rings is 1. The molecule has 0 saturated heterocycles. The molecule has 1 aromatic rings. The van der Waals surface area contributed by atoms with Gasteiger partial charge in [0.1, 0.15) is 0 Å². The van der Waals surface area contributed by atoms with Gasteiger partial charge in [0.05, 0.1) is 6.10 Å². The van der Waals surface area contributed by atoms with Crippen LogP contribution >= 0.6 is 15.9 Å². The third-order valence-electron chi connectivity index (χ3n) is 2.60. The summed E-state index contributed by atoms with van der Waals surface area (Å²) in [6, 6.07) is 8.22. The van der Waals surface area contributed by atoms with Crippen molar-refractivity contribution in [3.63, 3.8) is 0 Å². The third kappa shape index (κ3) is 3.59. The van der Waals surface area contributed by atoms with E-state index in [0.717, 1.165) is 17.3 Å². The minimum Gasteiger partial charge on any atom is -0.380 e. The summed E-state index contributed by atoms with van der Waals surface area (Å²) in [6.07, 6.45) is 1.92. The molecule has 1 aromatic carbocycles. The Balaban J connectivity index is 2.65.